The number of carbonyl (C=O) groups is 2. The smallest absolute Gasteiger partial charge is 0.255 e. The van der Waals surface area contributed by atoms with Crippen molar-refractivity contribution in [2.45, 2.75) is 46.1 Å². The van der Waals surface area contributed by atoms with Crippen molar-refractivity contribution in [3.05, 3.63) is 23.9 Å². The number of aromatic nitrogens is 1. The van der Waals surface area contributed by atoms with E-state index in [1.54, 1.807) is 6.20 Å². The van der Waals surface area contributed by atoms with Gasteiger partial charge in [0.1, 0.15) is 5.82 Å². The summed E-state index contributed by atoms with van der Waals surface area (Å²) in [6.07, 6.45) is 5.14. The molecule has 3 rings (SSSR count). The highest BCUT2D eigenvalue weighted by Gasteiger charge is 2.30. The molecule has 7 nitrogen and oxygen atoms in total. The van der Waals surface area contributed by atoms with Crippen LogP contribution in [0.4, 0.5) is 5.82 Å². The van der Waals surface area contributed by atoms with Crippen LogP contribution in [-0.2, 0) is 4.79 Å². The Bertz CT molecular complexity index is 675. The quantitative estimate of drug-likeness (QED) is 0.731. The number of anilines is 1. The van der Waals surface area contributed by atoms with Crippen molar-refractivity contribution in [2.75, 3.05) is 57.3 Å². The predicted molar refractivity (Wildman–Crippen MR) is 115 cm³/mol. The molecule has 29 heavy (non-hydrogen) atoms. The summed E-state index contributed by atoms with van der Waals surface area (Å²) < 4.78 is 0. The third-order valence-corrected chi connectivity index (χ3v) is 6.26. The second-order valence-corrected chi connectivity index (χ2v) is 7.97. The minimum atomic E-state index is -0.111. The van der Waals surface area contributed by atoms with Gasteiger partial charge >= 0.3 is 0 Å². The summed E-state index contributed by atoms with van der Waals surface area (Å²) in [4.78, 5) is 38.3. The van der Waals surface area contributed by atoms with Crippen LogP contribution in [0.1, 0.15) is 50.4 Å². The Morgan fingerprint density at radius 3 is 2.17 bits per heavy atom. The number of likely N-dealkylation sites (tertiary alicyclic amines) is 1. The largest absolute Gasteiger partial charge is 0.357 e. The van der Waals surface area contributed by atoms with Gasteiger partial charge < -0.3 is 14.7 Å². The van der Waals surface area contributed by atoms with Crippen molar-refractivity contribution in [3.8, 4) is 0 Å². The van der Waals surface area contributed by atoms with Crippen LogP contribution >= 0.6 is 0 Å². The van der Waals surface area contributed by atoms with Gasteiger partial charge in [-0.15, -0.1) is 0 Å². The number of pyridine rings is 1. The molecular weight excluding hydrogens is 366 g/mol. The fourth-order valence-corrected chi connectivity index (χ4v) is 4.28. The summed E-state index contributed by atoms with van der Waals surface area (Å²) in [6.45, 7) is 12.5. The van der Waals surface area contributed by atoms with Crippen molar-refractivity contribution in [2.24, 2.45) is 0 Å². The molecule has 1 atom stereocenters. The van der Waals surface area contributed by atoms with Crippen LogP contribution in [0, 0.1) is 0 Å². The van der Waals surface area contributed by atoms with Gasteiger partial charge in [0.05, 0.1) is 11.6 Å². The van der Waals surface area contributed by atoms with E-state index in [1.807, 2.05) is 28.9 Å². The van der Waals surface area contributed by atoms with Crippen molar-refractivity contribution >= 4 is 17.6 Å². The molecule has 2 aliphatic heterocycles. The van der Waals surface area contributed by atoms with Crippen LogP contribution in [0.5, 0.6) is 0 Å². The number of rotatable bonds is 6. The zero-order chi connectivity index (χ0) is 20.8. The van der Waals surface area contributed by atoms with Crippen molar-refractivity contribution < 1.29 is 9.59 Å². The molecule has 0 bridgehead atoms. The Labute approximate surface area is 174 Å². The van der Waals surface area contributed by atoms with Gasteiger partial charge in [0.25, 0.3) is 5.91 Å². The highest BCUT2D eigenvalue weighted by Crippen LogP contribution is 2.16. The van der Waals surface area contributed by atoms with Gasteiger partial charge in [0.15, 0.2) is 0 Å². The number of piperazine rings is 1. The molecule has 0 aromatic carbocycles. The fraction of sp³-hybridized carbons (Fsp3) is 0.682. The highest BCUT2D eigenvalue weighted by molar-refractivity contribution is 5.94. The maximum Gasteiger partial charge on any atom is 0.255 e. The first-order chi connectivity index (χ1) is 14.0. The van der Waals surface area contributed by atoms with E-state index in [0.717, 1.165) is 57.9 Å². The molecule has 0 spiro atoms. The molecule has 1 unspecified atom stereocenters. The standard InChI is InChI=1S/C22H35N5O2/c1-4-24(5-2)20-10-9-19(17-23-20)22(29)27-15-13-25(14-16-27)18(3)21(28)26-11-7-6-8-12-26/h9-10,17-18H,4-8,11-16H2,1-3H3. The van der Waals surface area contributed by atoms with Crippen LogP contribution in [-0.4, -0.2) is 89.9 Å². The van der Waals surface area contributed by atoms with Gasteiger partial charge in [-0.2, -0.15) is 0 Å². The third kappa shape index (κ3) is 5.07. The summed E-state index contributed by atoms with van der Waals surface area (Å²) in [6, 6.07) is 3.69. The van der Waals surface area contributed by atoms with Gasteiger partial charge in [-0.3, -0.25) is 14.5 Å². The van der Waals surface area contributed by atoms with Gasteiger partial charge in [-0.25, -0.2) is 4.98 Å². The molecule has 3 heterocycles. The molecule has 160 valence electrons. The van der Waals surface area contributed by atoms with Crippen LogP contribution in [0.25, 0.3) is 0 Å². The van der Waals surface area contributed by atoms with Gasteiger partial charge in [-0.05, 0) is 52.2 Å². The fourth-order valence-electron chi connectivity index (χ4n) is 4.28. The average Bonchev–Trinajstić information content (AvgIpc) is 2.79. The summed E-state index contributed by atoms with van der Waals surface area (Å²) in [5.41, 5.74) is 0.631. The first kappa shape index (κ1) is 21.6. The van der Waals surface area contributed by atoms with E-state index in [2.05, 4.69) is 28.6 Å². The summed E-state index contributed by atoms with van der Waals surface area (Å²) >= 11 is 0. The molecule has 0 N–H and O–H groups in total. The van der Waals surface area contributed by atoms with Crippen LogP contribution in [0.2, 0.25) is 0 Å². The minimum Gasteiger partial charge on any atom is -0.357 e. The molecule has 2 amide bonds. The second kappa shape index (κ2) is 10.1. The van der Waals surface area contributed by atoms with Gasteiger partial charge in [0.2, 0.25) is 5.91 Å². The van der Waals surface area contributed by atoms with E-state index in [9.17, 15) is 9.59 Å². The zero-order valence-electron chi connectivity index (χ0n) is 18.1. The maximum absolute atomic E-state index is 12.9. The molecular formula is C22H35N5O2. The van der Waals surface area contributed by atoms with E-state index >= 15 is 0 Å². The molecule has 2 saturated heterocycles. The first-order valence-electron chi connectivity index (χ1n) is 11.1. The highest BCUT2D eigenvalue weighted by atomic mass is 16.2. The van der Waals surface area contributed by atoms with Crippen LogP contribution in [0.3, 0.4) is 0 Å². The van der Waals surface area contributed by atoms with Crippen LogP contribution in [0.15, 0.2) is 18.3 Å². The predicted octanol–water partition coefficient (Wildman–Crippen LogP) is 2.09. The third-order valence-electron chi connectivity index (χ3n) is 6.26. The number of hydrogen-bond acceptors (Lipinski definition) is 5. The number of piperidine rings is 1. The SMILES string of the molecule is CCN(CC)c1ccc(C(=O)N2CCN(C(C)C(=O)N3CCCCC3)CC2)cn1. The Morgan fingerprint density at radius 1 is 0.966 bits per heavy atom. The lowest BCUT2D eigenvalue weighted by atomic mass is 10.1. The van der Waals surface area contributed by atoms with E-state index < -0.39 is 0 Å². The number of carbonyl (C=O) groups excluding carboxylic acids is 2. The van der Waals surface area contributed by atoms with Crippen LogP contribution < -0.4 is 4.90 Å². The monoisotopic (exact) mass is 401 g/mol. The molecule has 7 heteroatoms. The molecule has 1 aromatic rings. The lowest BCUT2D eigenvalue weighted by Crippen LogP contribution is -2.56. The number of nitrogens with zero attached hydrogens (tertiary/aromatic N) is 5. The number of hydrogen-bond donors (Lipinski definition) is 0. The van der Waals surface area contributed by atoms with Crippen molar-refractivity contribution in [3.63, 3.8) is 0 Å². The van der Waals surface area contributed by atoms with Crippen molar-refractivity contribution in [1.29, 1.82) is 0 Å². The topological polar surface area (TPSA) is 60.0 Å². The molecule has 1 aromatic heterocycles. The Hall–Kier alpha value is -2.15. The van der Waals surface area contributed by atoms with Gasteiger partial charge in [-0.1, -0.05) is 0 Å². The zero-order valence-corrected chi connectivity index (χ0v) is 18.1. The maximum atomic E-state index is 12.9. The minimum absolute atomic E-state index is 0.0262. The summed E-state index contributed by atoms with van der Waals surface area (Å²) in [5, 5.41) is 0. The second-order valence-electron chi connectivity index (χ2n) is 7.97. The number of amides is 2. The lowest BCUT2D eigenvalue weighted by Gasteiger charge is -2.39. The van der Waals surface area contributed by atoms with E-state index in [1.165, 1.54) is 6.42 Å². The molecule has 0 aliphatic carbocycles. The lowest BCUT2D eigenvalue weighted by molar-refractivity contribution is -0.137. The molecule has 2 fully saturated rings. The summed E-state index contributed by atoms with van der Waals surface area (Å²) in [7, 11) is 0. The Kier molecular flexibility index (Phi) is 7.47. The molecule has 2 aliphatic rings. The van der Waals surface area contributed by atoms with E-state index in [0.29, 0.717) is 18.7 Å². The van der Waals surface area contributed by atoms with Crippen molar-refractivity contribution in [1.82, 2.24) is 19.7 Å². The average molecular weight is 402 g/mol. The Balaban J connectivity index is 1.53. The van der Waals surface area contributed by atoms with Gasteiger partial charge in [0, 0.05) is 58.6 Å². The van der Waals surface area contributed by atoms with E-state index in [4.69, 9.17) is 0 Å². The molecule has 0 radical (unpaired) electrons. The van der Waals surface area contributed by atoms with E-state index in [-0.39, 0.29) is 17.9 Å². The molecule has 0 saturated carbocycles. The first-order valence-corrected chi connectivity index (χ1v) is 11.1. The normalized spacial score (nSPS) is 19.1. The summed E-state index contributed by atoms with van der Waals surface area (Å²) in [5.74, 6) is 1.17. The Morgan fingerprint density at radius 2 is 1.62 bits per heavy atom.